The SMILES string of the molecule is c1ccc(N2CCN(CC3CNCCN3c3ccccc3)CC2)cc1. The van der Waals surface area contributed by atoms with Gasteiger partial charge in [-0.3, -0.25) is 4.90 Å². The van der Waals surface area contributed by atoms with Gasteiger partial charge in [0.2, 0.25) is 0 Å². The van der Waals surface area contributed by atoms with Crippen molar-refractivity contribution in [2.45, 2.75) is 6.04 Å². The zero-order valence-corrected chi connectivity index (χ0v) is 14.8. The van der Waals surface area contributed by atoms with Crippen LogP contribution in [0.25, 0.3) is 0 Å². The van der Waals surface area contributed by atoms with Crippen molar-refractivity contribution >= 4 is 11.4 Å². The minimum Gasteiger partial charge on any atom is -0.369 e. The average molecular weight is 336 g/mol. The molecule has 0 bridgehead atoms. The molecule has 2 aromatic carbocycles. The van der Waals surface area contributed by atoms with Crippen molar-refractivity contribution in [3.8, 4) is 0 Å². The third-order valence-electron chi connectivity index (χ3n) is 5.40. The first-order valence-corrected chi connectivity index (χ1v) is 9.45. The number of piperazine rings is 2. The number of nitrogens with one attached hydrogen (secondary N) is 1. The first-order chi connectivity index (χ1) is 12.4. The molecule has 132 valence electrons. The molecule has 4 heteroatoms. The zero-order valence-electron chi connectivity index (χ0n) is 14.8. The lowest BCUT2D eigenvalue weighted by Crippen LogP contribution is -2.58. The second-order valence-electron chi connectivity index (χ2n) is 7.01. The zero-order chi connectivity index (χ0) is 16.9. The summed E-state index contributed by atoms with van der Waals surface area (Å²) < 4.78 is 0. The highest BCUT2D eigenvalue weighted by Crippen LogP contribution is 2.20. The fraction of sp³-hybridized carbons (Fsp3) is 0.429. The number of rotatable bonds is 4. The van der Waals surface area contributed by atoms with Crippen LogP contribution in [-0.2, 0) is 0 Å². The van der Waals surface area contributed by atoms with Crippen LogP contribution >= 0.6 is 0 Å². The van der Waals surface area contributed by atoms with E-state index in [4.69, 9.17) is 0 Å². The minimum atomic E-state index is 0.555. The molecule has 1 unspecified atom stereocenters. The third kappa shape index (κ3) is 3.97. The van der Waals surface area contributed by atoms with Crippen LogP contribution in [0, 0.1) is 0 Å². The highest BCUT2D eigenvalue weighted by molar-refractivity contribution is 5.48. The normalized spacial score (nSPS) is 22.2. The van der Waals surface area contributed by atoms with E-state index in [1.807, 2.05) is 0 Å². The summed E-state index contributed by atoms with van der Waals surface area (Å²) in [6, 6.07) is 22.2. The number of para-hydroxylation sites is 2. The number of anilines is 2. The van der Waals surface area contributed by atoms with Gasteiger partial charge in [-0.15, -0.1) is 0 Å². The molecule has 2 fully saturated rings. The van der Waals surface area contributed by atoms with Crippen LogP contribution in [0.3, 0.4) is 0 Å². The molecule has 25 heavy (non-hydrogen) atoms. The summed E-state index contributed by atoms with van der Waals surface area (Å²) in [6.45, 7) is 8.93. The van der Waals surface area contributed by atoms with Gasteiger partial charge in [0.25, 0.3) is 0 Å². The van der Waals surface area contributed by atoms with E-state index in [1.165, 1.54) is 11.4 Å². The summed E-state index contributed by atoms with van der Waals surface area (Å²) in [4.78, 5) is 7.72. The van der Waals surface area contributed by atoms with Gasteiger partial charge in [0.15, 0.2) is 0 Å². The van der Waals surface area contributed by atoms with Crippen LogP contribution in [0.5, 0.6) is 0 Å². The lowest BCUT2D eigenvalue weighted by molar-refractivity contribution is 0.231. The molecule has 2 heterocycles. The van der Waals surface area contributed by atoms with Crippen molar-refractivity contribution < 1.29 is 0 Å². The van der Waals surface area contributed by atoms with Gasteiger partial charge in [0.05, 0.1) is 6.04 Å². The molecule has 0 aromatic heterocycles. The molecule has 4 rings (SSSR count). The van der Waals surface area contributed by atoms with E-state index in [2.05, 4.69) is 80.7 Å². The molecule has 2 aromatic rings. The van der Waals surface area contributed by atoms with Crippen molar-refractivity contribution in [2.75, 3.05) is 62.2 Å². The first kappa shape index (κ1) is 16.4. The molecule has 1 N–H and O–H groups in total. The maximum Gasteiger partial charge on any atom is 0.0542 e. The summed E-state index contributed by atoms with van der Waals surface area (Å²) in [5, 5.41) is 3.58. The summed E-state index contributed by atoms with van der Waals surface area (Å²) in [5.74, 6) is 0. The molecule has 0 saturated carbocycles. The van der Waals surface area contributed by atoms with Crippen LogP contribution in [-0.4, -0.2) is 63.3 Å². The minimum absolute atomic E-state index is 0.555. The van der Waals surface area contributed by atoms with Crippen molar-refractivity contribution in [1.82, 2.24) is 10.2 Å². The van der Waals surface area contributed by atoms with E-state index < -0.39 is 0 Å². The maximum absolute atomic E-state index is 3.58. The van der Waals surface area contributed by atoms with Gasteiger partial charge in [-0.25, -0.2) is 0 Å². The van der Waals surface area contributed by atoms with Crippen LogP contribution in [0.4, 0.5) is 11.4 Å². The monoisotopic (exact) mass is 336 g/mol. The second kappa shape index (κ2) is 7.89. The summed E-state index contributed by atoms with van der Waals surface area (Å²) in [5.41, 5.74) is 2.71. The fourth-order valence-electron chi connectivity index (χ4n) is 4.01. The van der Waals surface area contributed by atoms with Gasteiger partial charge in [-0.1, -0.05) is 36.4 Å². The topological polar surface area (TPSA) is 21.8 Å². The number of benzene rings is 2. The highest BCUT2D eigenvalue weighted by atomic mass is 15.3. The Kier molecular flexibility index (Phi) is 5.19. The van der Waals surface area contributed by atoms with E-state index in [0.717, 1.165) is 52.4 Å². The fourth-order valence-corrected chi connectivity index (χ4v) is 4.01. The van der Waals surface area contributed by atoms with Crippen molar-refractivity contribution in [1.29, 1.82) is 0 Å². The molecule has 0 amide bonds. The predicted octanol–water partition coefficient (Wildman–Crippen LogP) is 2.29. The van der Waals surface area contributed by atoms with Crippen LogP contribution in [0.15, 0.2) is 60.7 Å². The van der Waals surface area contributed by atoms with Crippen molar-refractivity contribution in [2.24, 2.45) is 0 Å². The third-order valence-corrected chi connectivity index (χ3v) is 5.40. The van der Waals surface area contributed by atoms with E-state index in [1.54, 1.807) is 0 Å². The maximum atomic E-state index is 3.58. The van der Waals surface area contributed by atoms with Crippen LogP contribution < -0.4 is 15.1 Å². The molecule has 2 aliphatic rings. The van der Waals surface area contributed by atoms with E-state index in [0.29, 0.717) is 6.04 Å². The molecule has 1 atom stereocenters. The molecule has 2 saturated heterocycles. The largest absolute Gasteiger partial charge is 0.369 e. The number of hydrogen-bond acceptors (Lipinski definition) is 4. The molecule has 0 spiro atoms. The Balaban J connectivity index is 1.35. The molecule has 0 aliphatic carbocycles. The average Bonchev–Trinajstić information content (AvgIpc) is 2.70. The van der Waals surface area contributed by atoms with Crippen LogP contribution in [0.1, 0.15) is 0 Å². The summed E-state index contributed by atoms with van der Waals surface area (Å²) in [7, 11) is 0. The summed E-state index contributed by atoms with van der Waals surface area (Å²) >= 11 is 0. The summed E-state index contributed by atoms with van der Waals surface area (Å²) in [6.07, 6.45) is 0. The van der Waals surface area contributed by atoms with Gasteiger partial charge in [-0.05, 0) is 24.3 Å². The van der Waals surface area contributed by atoms with Gasteiger partial charge in [-0.2, -0.15) is 0 Å². The Hall–Kier alpha value is -2.04. The number of hydrogen-bond donors (Lipinski definition) is 1. The Morgan fingerprint density at radius 1 is 0.760 bits per heavy atom. The highest BCUT2D eigenvalue weighted by Gasteiger charge is 2.26. The van der Waals surface area contributed by atoms with Gasteiger partial charge < -0.3 is 15.1 Å². The predicted molar refractivity (Wildman–Crippen MR) is 106 cm³/mol. The van der Waals surface area contributed by atoms with Crippen LogP contribution in [0.2, 0.25) is 0 Å². The first-order valence-electron chi connectivity index (χ1n) is 9.45. The Morgan fingerprint density at radius 2 is 1.40 bits per heavy atom. The second-order valence-corrected chi connectivity index (χ2v) is 7.01. The molecule has 2 aliphatic heterocycles. The van der Waals surface area contributed by atoms with E-state index >= 15 is 0 Å². The molecular formula is C21H28N4. The molecule has 0 radical (unpaired) electrons. The van der Waals surface area contributed by atoms with E-state index in [-0.39, 0.29) is 0 Å². The number of nitrogens with zero attached hydrogens (tertiary/aromatic N) is 3. The quantitative estimate of drug-likeness (QED) is 0.925. The van der Waals surface area contributed by atoms with Crippen molar-refractivity contribution in [3.63, 3.8) is 0 Å². The molecular weight excluding hydrogens is 308 g/mol. The molecule has 4 nitrogen and oxygen atoms in total. The van der Waals surface area contributed by atoms with Gasteiger partial charge in [0.1, 0.15) is 0 Å². The van der Waals surface area contributed by atoms with Gasteiger partial charge >= 0.3 is 0 Å². The smallest absolute Gasteiger partial charge is 0.0542 e. The Labute approximate surface area is 151 Å². The lowest BCUT2D eigenvalue weighted by atomic mass is 10.1. The Bertz CT molecular complexity index is 637. The lowest BCUT2D eigenvalue weighted by Gasteiger charge is -2.43. The standard InChI is InChI=1S/C21H28N4/c1-3-7-19(8-4-1)24-15-13-23(14-16-24)18-21-17-22-11-12-25(21)20-9-5-2-6-10-20/h1-10,21-22H,11-18H2. The van der Waals surface area contributed by atoms with E-state index in [9.17, 15) is 0 Å². The van der Waals surface area contributed by atoms with Crippen molar-refractivity contribution in [3.05, 3.63) is 60.7 Å². The Morgan fingerprint density at radius 3 is 2.08 bits per heavy atom. The van der Waals surface area contributed by atoms with Gasteiger partial charge in [0, 0.05) is 63.7 Å².